The minimum absolute atomic E-state index is 0. The van der Waals surface area contributed by atoms with E-state index in [1.54, 1.807) is 0 Å². The Kier molecular flexibility index (Phi) is 8.60. The maximum absolute atomic E-state index is 11.3. The molecule has 0 atom stereocenters. The Morgan fingerprint density at radius 1 is 0.571 bits per heavy atom. The van der Waals surface area contributed by atoms with Crippen LogP contribution >= 0.6 is 0 Å². The monoisotopic (exact) mass is 432 g/mol. The third-order valence-electron chi connectivity index (χ3n) is 1.22. The van der Waals surface area contributed by atoms with E-state index in [0.717, 1.165) is 0 Å². The zero-order valence-electron chi connectivity index (χ0n) is 8.73. The normalized spacial score (nSPS) is 12.7. The number of rotatable bonds is 2. The number of hydrogen-bond donors (Lipinski definition) is 0. The quantitative estimate of drug-likeness (QED) is 0.450. The fourth-order valence-corrected chi connectivity index (χ4v) is 0.231. The molecule has 0 aliphatic heterocycles. The summed E-state index contributed by atoms with van der Waals surface area (Å²) in [5.74, 6) is -18.4. The third kappa shape index (κ3) is 6.46. The molecule has 0 fully saturated rings. The molecule has 0 aromatic carbocycles. The summed E-state index contributed by atoms with van der Waals surface area (Å²) >= 11 is 0. The van der Waals surface area contributed by atoms with Gasteiger partial charge in [-0.1, -0.05) is 0 Å². The summed E-state index contributed by atoms with van der Waals surface area (Å²) in [6, 6.07) is 0. The van der Waals surface area contributed by atoms with Gasteiger partial charge in [0.25, 0.3) is 0 Å². The van der Waals surface area contributed by atoms with Crippen LogP contribution in [0.5, 0.6) is 0 Å². The van der Waals surface area contributed by atoms with E-state index in [2.05, 4.69) is 0 Å². The van der Waals surface area contributed by atoms with Gasteiger partial charge in [-0.05, 0) is 0 Å². The Hall–Kier alpha value is -1.10. The van der Waals surface area contributed by atoms with E-state index in [9.17, 15) is 43.9 Å². The largest absolute Gasteiger partial charge is 2.00 e. The van der Waals surface area contributed by atoms with Crippen molar-refractivity contribution < 1.29 is 84.1 Å². The van der Waals surface area contributed by atoms with Gasteiger partial charge in [0, 0.05) is 0 Å². The minimum Gasteiger partial charge on any atom is -0.544 e. The van der Waals surface area contributed by atoms with Gasteiger partial charge < -0.3 is 19.8 Å². The number of aliphatic carboxylic acids is 2. The van der Waals surface area contributed by atoms with Crippen molar-refractivity contribution in [2.24, 2.45) is 0 Å². The van der Waals surface area contributed by atoms with Crippen LogP contribution in [0.25, 0.3) is 0 Å². The number of halogens is 10. The number of carboxylic acid groups (broad SMARTS) is 2. The van der Waals surface area contributed by atoms with Gasteiger partial charge >= 0.3 is 44.6 Å². The number of carboxylic acids is 2. The van der Waals surface area contributed by atoms with Crippen LogP contribution in [0, 0.1) is 0 Å². The molecule has 128 valence electrons. The molecule has 4 nitrogen and oxygen atoms in total. The van der Waals surface area contributed by atoms with E-state index in [1.807, 2.05) is 0 Å². The smallest absolute Gasteiger partial charge is 0.544 e. The minimum atomic E-state index is -6.08. The Balaban J connectivity index is -0.000000295. The molecule has 0 saturated carbocycles. The molecule has 0 aromatic rings. The Morgan fingerprint density at radius 3 is 0.714 bits per heavy atom. The molecule has 0 aromatic heterocycles. The summed E-state index contributed by atoms with van der Waals surface area (Å²) in [5.41, 5.74) is 0. The Labute approximate surface area is 121 Å². The average Bonchev–Trinajstić information content (AvgIpc) is 2.14. The summed E-state index contributed by atoms with van der Waals surface area (Å²) < 4.78 is 111. The SMILES string of the molecule is O=C([O-])C(F)(F)C(F)(F)F.O=C([O-])C(F)(F)C(F)(F)F.[Pd+2]. The van der Waals surface area contributed by atoms with E-state index < -0.39 is 36.1 Å². The molecule has 0 bridgehead atoms. The predicted molar refractivity (Wildman–Crippen MR) is 32.0 cm³/mol. The number of alkyl halides is 10. The number of hydrogen-bond acceptors (Lipinski definition) is 4. The van der Waals surface area contributed by atoms with E-state index in [4.69, 9.17) is 19.8 Å². The van der Waals surface area contributed by atoms with Crippen LogP contribution in [-0.2, 0) is 30.0 Å². The van der Waals surface area contributed by atoms with Gasteiger partial charge in [0.05, 0.1) is 0 Å². The molecule has 0 unspecified atom stereocenters. The number of carbonyl (C=O) groups excluding carboxylic acids is 2. The standard InChI is InChI=1S/2C3HF5O2.Pd/c2*4-2(5,1(9)10)3(6,7)8;/h2*(H,9,10);/q;;+2/p-2. The van der Waals surface area contributed by atoms with Crippen molar-refractivity contribution in [1.29, 1.82) is 0 Å². The molecule has 15 heteroatoms. The zero-order valence-corrected chi connectivity index (χ0v) is 10.3. The van der Waals surface area contributed by atoms with Crippen molar-refractivity contribution in [3.63, 3.8) is 0 Å². The van der Waals surface area contributed by atoms with Crippen LogP contribution in [0.2, 0.25) is 0 Å². The molecule has 0 aliphatic carbocycles. The molecule has 21 heavy (non-hydrogen) atoms. The molecule has 0 spiro atoms. The van der Waals surface area contributed by atoms with Crippen molar-refractivity contribution in [2.75, 3.05) is 0 Å². The fraction of sp³-hybridized carbons (Fsp3) is 0.667. The molecular weight excluding hydrogens is 432 g/mol. The van der Waals surface area contributed by atoms with Crippen molar-refractivity contribution >= 4 is 11.9 Å². The van der Waals surface area contributed by atoms with Crippen LogP contribution in [-0.4, -0.2) is 36.1 Å². The molecule has 0 aliphatic rings. The van der Waals surface area contributed by atoms with Crippen molar-refractivity contribution in [2.45, 2.75) is 24.2 Å². The molecule has 0 saturated heterocycles. The predicted octanol–water partition coefficient (Wildman–Crippen LogP) is -0.135. The third-order valence-corrected chi connectivity index (χ3v) is 1.22. The maximum atomic E-state index is 11.3. The van der Waals surface area contributed by atoms with Crippen LogP contribution < -0.4 is 10.2 Å². The first-order chi connectivity index (χ1) is 8.39. The molecule has 0 rings (SSSR count). The molecule has 0 N–H and O–H groups in total. The van der Waals surface area contributed by atoms with Crippen molar-refractivity contribution in [1.82, 2.24) is 0 Å². The first-order valence-corrected chi connectivity index (χ1v) is 3.71. The van der Waals surface area contributed by atoms with Gasteiger partial charge in [-0.3, -0.25) is 0 Å². The van der Waals surface area contributed by atoms with E-state index in [1.165, 1.54) is 0 Å². The van der Waals surface area contributed by atoms with Gasteiger partial charge in [-0.25, -0.2) is 0 Å². The average molecular weight is 432 g/mol. The van der Waals surface area contributed by atoms with Gasteiger partial charge in [0.15, 0.2) is 0 Å². The maximum Gasteiger partial charge on any atom is 2.00 e. The topological polar surface area (TPSA) is 80.3 Å². The van der Waals surface area contributed by atoms with Gasteiger partial charge in [0.1, 0.15) is 11.9 Å². The van der Waals surface area contributed by atoms with E-state index >= 15 is 0 Å². The first kappa shape index (κ1) is 24.9. The summed E-state index contributed by atoms with van der Waals surface area (Å²) in [4.78, 5) is 18.2. The molecule has 0 radical (unpaired) electrons. The molecule has 0 amide bonds. The van der Waals surface area contributed by atoms with Crippen LogP contribution in [0.4, 0.5) is 43.9 Å². The van der Waals surface area contributed by atoms with Gasteiger partial charge in [-0.2, -0.15) is 43.9 Å². The van der Waals surface area contributed by atoms with Crippen LogP contribution in [0.15, 0.2) is 0 Å². The first-order valence-electron chi connectivity index (χ1n) is 3.71. The summed E-state index contributed by atoms with van der Waals surface area (Å²) in [6.45, 7) is 0. The van der Waals surface area contributed by atoms with Crippen LogP contribution in [0.3, 0.4) is 0 Å². The Bertz CT molecular complexity index is 337. The second kappa shape index (κ2) is 7.25. The Morgan fingerprint density at radius 2 is 0.714 bits per heavy atom. The zero-order chi connectivity index (χ0) is 17.2. The number of carbonyl (C=O) groups is 2. The second-order valence-electron chi connectivity index (χ2n) is 2.72. The van der Waals surface area contributed by atoms with E-state index in [-0.39, 0.29) is 20.4 Å². The molecule has 0 heterocycles. The van der Waals surface area contributed by atoms with Gasteiger partial charge in [0.2, 0.25) is 0 Å². The van der Waals surface area contributed by atoms with Crippen LogP contribution in [0.1, 0.15) is 0 Å². The summed E-state index contributed by atoms with van der Waals surface area (Å²) in [6.07, 6.45) is -12.2. The van der Waals surface area contributed by atoms with Crippen molar-refractivity contribution in [3.8, 4) is 0 Å². The van der Waals surface area contributed by atoms with Gasteiger partial charge in [-0.15, -0.1) is 0 Å². The summed E-state index contributed by atoms with van der Waals surface area (Å²) in [5, 5.41) is 18.2. The molecular formula is C6F10O4Pd. The fourth-order valence-electron chi connectivity index (χ4n) is 0.231. The summed E-state index contributed by atoms with van der Waals surface area (Å²) in [7, 11) is 0. The second-order valence-corrected chi connectivity index (χ2v) is 2.72. The van der Waals surface area contributed by atoms with Crippen molar-refractivity contribution in [3.05, 3.63) is 0 Å². The van der Waals surface area contributed by atoms with E-state index in [0.29, 0.717) is 0 Å².